The van der Waals surface area contributed by atoms with Crippen LogP contribution in [0.2, 0.25) is 0 Å². The minimum Gasteiger partial charge on any atom is -0.271 e. The summed E-state index contributed by atoms with van der Waals surface area (Å²) in [6.45, 7) is 2.02. The van der Waals surface area contributed by atoms with E-state index in [4.69, 9.17) is 5.84 Å². The van der Waals surface area contributed by atoms with Gasteiger partial charge in [0.05, 0.1) is 6.04 Å². The summed E-state index contributed by atoms with van der Waals surface area (Å²) in [7, 11) is 0. The number of nitrogens with two attached hydrogens (primary N) is 1. The SMILES string of the molecule is Cc1ccc(C(Cc2ccc(Br)cc2F)NN)cc1Br. The van der Waals surface area contributed by atoms with Crippen molar-refractivity contribution in [3.63, 3.8) is 0 Å². The first kappa shape index (κ1) is 15.6. The highest BCUT2D eigenvalue weighted by atomic mass is 79.9. The molecule has 0 aliphatic heterocycles. The van der Waals surface area contributed by atoms with Crippen molar-refractivity contribution in [2.75, 3.05) is 0 Å². The van der Waals surface area contributed by atoms with Gasteiger partial charge in [0, 0.05) is 8.95 Å². The Labute approximate surface area is 134 Å². The predicted octanol–water partition coefficient (Wildman–Crippen LogP) is 4.41. The molecule has 0 spiro atoms. The van der Waals surface area contributed by atoms with Gasteiger partial charge in [-0.05, 0) is 48.2 Å². The summed E-state index contributed by atoms with van der Waals surface area (Å²) in [5.41, 5.74) is 5.56. The first-order valence-electron chi connectivity index (χ1n) is 6.17. The van der Waals surface area contributed by atoms with Crippen molar-refractivity contribution >= 4 is 31.9 Å². The molecule has 0 amide bonds. The fourth-order valence-electron chi connectivity index (χ4n) is 2.01. The van der Waals surface area contributed by atoms with E-state index >= 15 is 0 Å². The minimum atomic E-state index is -0.231. The average molecular weight is 402 g/mol. The maximum Gasteiger partial charge on any atom is 0.127 e. The molecule has 1 atom stereocenters. The zero-order valence-corrected chi connectivity index (χ0v) is 14.1. The number of hydrazine groups is 1. The van der Waals surface area contributed by atoms with E-state index in [1.54, 1.807) is 6.07 Å². The van der Waals surface area contributed by atoms with Gasteiger partial charge >= 0.3 is 0 Å². The highest BCUT2D eigenvalue weighted by molar-refractivity contribution is 9.10. The highest BCUT2D eigenvalue weighted by Gasteiger charge is 2.14. The van der Waals surface area contributed by atoms with E-state index in [2.05, 4.69) is 37.3 Å². The molecular weight excluding hydrogens is 387 g/mol. The van der Waals surface area contributed by atoms with E-state index in [9.17, 15) is 4.39 Å². The van der Waals surface area contributed by atoms with E-state index in [1.165, 1.54) is 6.07 Å². The van der Waals surface area contributed by atoms with Crippen LogP contribution in [0, 0.1) is 12.7 Å². The fourth-order valence-corrected chi connectivity index (χ4v) is 2.74. The third-order valence-electron chi connectivity index (χ3n) is 3.24. The van der Waals surface area contributed by atoms with Gasteiger partial charge in [0.25, 0.3) is 0 Å². The van der Waals surface area contributed by atoms with Crippen LogP contribution < -0.4 is 11.3 Å². The number of aryl methyl sites for hydroxylation is 1. The first-order valence-corrected chi connectivity index (χ1v) is 7.76. The van der Waals surface area contributed by atoms with Crippen molar-refractivity contribution in [1.29, 1.82) is 0 Å². The lowest BCUT2D eigenvalue weighted by atomic mass is 9.98. The Morgan fingerprint density at radius 3 is 2.55 bits per heavy atom. The predicted molar refractivity (Wildman–Crippen MR) is 86.7 cm³/mol. The van der Waals surface area contributed by atoms with Crippen molar-refractivity contribution in [3.05, 3.63) is 67.9 Å². The van der Waals surface area contributed by atoms with Crippen molar-refractivity contribution in [2.24, 2.45) is 5.84 Å². The summed E-state index contributed by atoms with van der Waals surface area (Å²) in [6.07, 6.45) is 0.491. The van der Waals surface area contributed by atoms with Gasteiger partial charge in [-0.25, -0.2) is 4.39 Å². The molecule has 0 aromatic heterocycles. The van der Waals surface area contributed by atoms with Crippen molar-refractivity contribution in [3.8, 4) is 0 Å². The smallest absolute Gasteiger partial charge is 0.127 e. The second-order valence-electron chi connectivity index (χ2n) is 4.67. The molecule has 0 aliphatic carbocycles. The summed E-state index contributed by atoms with van der Waals surface area (Å²) >= 11 is 6.76. The number of halogens is 3. The van der Waals surface area contributed by atoms with Gasteiger partial charge in [0.15, 0.2) is 0 Å². The molecule has 0 saturated heterocycles. The number of benzene rings is 2. The normalized spacial score (nSPS) is 12.4. The van der Waals surface area contributed by atoms with Gasteiger partial charge < -0.3 is 0 Å². The Morgan fingerprint density at radius 2 is 1.95 bits per heavy atom. The molecule has 2 aromatic rings. The van der Waals surface area contributed by atoms with Gasteiger partial charge in [-0.15, -0.1) is 0 Å². The lowest BCUT2D eigenvalue weighted by Crippen LogP contribution is -2.29. The topological polar surface area (TPSA) is 38.0 Å². The third-order valence-corrected chi connectivity index (χ3v) is 4.59. The summed E-state index contributed by atoms with van der Waals surface area (Å²) in [5.74, 6) is 5.39. The molecule has 1 unspecified atom stereocenters. The Hall–Kier alpha value is -0.750. The molecule has 3 N–H and O–H groups in total. The molecule has 0 bridgehead atoms. The molecule has 0 fully saturated rings. The van der Waals surface area contributed by atoms with Gasteiger partial charge in [0.2, 0.25) is 0 Å². The Kier molecular flexibility index (Phi) is 5.32. The van der Waals surface area contributed by atoms with Crippen LogP contribution in [-0.4, -0.2) is 0 Å². The van der Waals surface area contributed by atoms with E-state index in [0.29, 0.717) is 12.0 Å². The van der Waals surface area contributed by atoms with Crippen LogP contribution >= 0.6 is 31.9 Å². The van der Waals surface area contributed by atoms with Gasteiger partial charge in [0.1, 0.15) is 5.82 Å². The van der Waals surface area contributed by atoms with Crippen LogP contribution in [0.25, 0.3) is 0 Å². The van der Waals surface area contributed by atoms with Crippen LogP contribution in [-0.2, 0) is 6.42 Å². The lowest BCUT2D eigenvalue weighted by molar-refractivity contribution is 0.528. The third kappa shape index (κ3) is 3.67. The molecule has 2 aromatic carbocycles. The van der Waals surface area contributed by atoms with Crippen LogP contribution in [0.4, 0.5) is 4.39 Å². The number of rotatable bonds is 4. The zero-order valence-electron chi connectivity index (χ0n) is 11.0. The number of hydrogen-bond donors (Lipinski definition) is 2. The van der Waals surface area contributed by atoms with Crippen molar-refractivity contribution in [1.82, 2.24) is 5.43 Å². The molecule has 20 heavy (non-hydrogen) atoms. The lowest BCUT2D eigenvalue weighted by Gasteiger charge is -2.18. The average Bonchev–Trinajstić information content (AvgIpc) is 2.41. The molecule has 0 saturated carbocycles. The fraction of sp³-hybridized carbons (Fsp3) is 0.200. The maximum absolute atomic E-state index is 13.9. The Balaban J connectivity index is 2.26. The standard InChI is InChI=1S/C15H15Br2FN2/c1-9-2-3-11(6-13(9)17)15(20-19)7-10-4-5-12(16)8-14(10)18/h2-6,8,15,20H,7,19H2,1H3. The van der Waals surface area contributed by atoms with Crippen LogP contribution in [0.15, 0.2) is 45.3 Å². The Morgan fingerprint density at radius 1 is 1.20 bits per heavy atom. The van der Waals surface area contributed by atoms with Crippen LogP contribution in [0.5, 0.6) is 0 Å². The molecular formula is C15H15Br2FN2. The molecule has 106 valence electrons. The molecule has 5 heteroatoms. The van der Waals surface area contributed by atoms with Gasteiger partial charge in [-0.2, -0.15) is 0 Å². The monoisotopic (exact) mass is 400 g/mol. The van der Waals surface area contributed by atoms with Crippen LogP contribution in [0.3, 0.4) is 0 Å². The zero-order chi connectivity index (χ0) is 14.7. The van der Waals surface area contributed by atoms with E-state index < -0.39 is 0 Å². The van der Waals surface area contributed by atoms with Crippen molar-refractivity contribution in [2.45, 2.75) is 19.4 Å². The largest absolute Gasteiger partial charge is 0.271 e. The molecule has 0 aliphatic rings. The van der Waals surface area contributed by atoms with E-state index in [0.717, 1.165) is 20.1 Å². The quantitative estimate of drug-likeness (QED) is 0.588. The molecule has 0 radical (unpaired) electrons. The minimum absolute atomic E-state index is 0.137. The van der Waals surface area contributed by atoms with Gasteiger partial charge in [-0.1, -0.05) is 50.1 Å². The summed E-state index contributed by atoms with van der Waals surface area (Å²) in [5, 5.41) is 0. The maximum atomic E-state index is 13.9. The second-order valence-corrected chi connectivity index (χ2v) is 6.44. The number of nitrogens with one attached hydrogen (secondary N) is 1. The van der Waals surface area contributed by atoms with Gasteiger partial charge in [-0.3, -0.25) is 11.3 Å². The second kappa shape index (κ2) is 6.80. The summed E-state index contributed by atoms with van der Waals surface area (Å²) in [4.78, 5) is 0. The molecule has 0 heterocycles. The molecule has 2 nitrogen and oxygen atoms in total. The highest BCUT2D eigenvalue weighted by Crippen LogP contribution is 2.25. The molecule has 2 rings (SSSR count). The van der Waals surface area contributed by atoms with Crippen LogP contribution in [0.1, 0.15) is 22.7 Å². The summed E-state index contributed by atoms with van der Waals surface area (Å²) in [6, 6.07) is 11.0. The van der Waals surface area contributed by atoms with E-state index in [-0.39, 0.29) is 11.9 Å². The summed E-state index contributed by atoms with van der Waals surface area (Å²) < 4.78 is 15.6. The number of hydrogen-bond acceptors (Lipinski definition) is 2. The van der Waals surface area contributed by atoms with E-state index in [1.807, 2.05) is 31.2 Å². The first-order chi connectivity index (χ1) is 9.51. The Bertz CT molecular complexity index is 617. The van der Waals surface area contributed by atoms with Crippen molar-refractivity contribution < 1.29 is 4.39 Å².